The van der Waals surface area contributed by atoms with Crippen LogP contribution in [0.2, 0.25) is 0 Å². The summed E-state index contributed by atoms with van der Waals surface area (Å²) in [6, 6.07) is -0.797. The molecule has 32 heavy (non-hydrogen) atoms. The molecular weight excluding hydrogens is 402 g/mol. The maximum Gasteiger partial charge on any atom is 0.220 e. The summed E-state index contributed by atoms with van der Waals surface area (Å²) in [4.78, 5) is 12.2. The summed E-state index contributed by atoms with van der Waals surface area (Å²) in [5.74, 6) is -0.151. The van der Waals surface area contributed by atoms with Gasteiger partial charge in [-0.25, -0.2) is 0 Å². The summed E-state index contributed by atoms with van der Waals surface area (Å²) >= 11 is 0. The van der Waals surface area contributed by atoms with E-state index in [1.165, 1.54) is 77.0 Å². The number of unbranched alkanes of at least 4 members (excludes halogenated alkanes) is 16. The van der Waals surface area contributed by atoms with E-state index < -0.39 is 18.2 Å². The van der Waals surface area contributed by atoms with E-state index in [4.69, 9.17) is 0 Å². The van der Waals surface area contributed by atoms with Crippen molar-refractivity contribution < 1.29 is 20.1 Å². The quantitative estimate of drug-likeness (QED) is 0.133. The molecule has 4 N–H and O–H groups in total. The Kier molecular flexibility index (Phi) is 23.0. The number of rotatable bonds is 24. The molecule has 0 aromatic heterocycles. The lowest BCUT2D eigenvalue weighted by atomic mass is 9.99. The zero-order valence-electron chi connectivity index (χ0n) is 21.3. The number of carbonyl (C=O) groups excluding carboxylic acids is 1. The summed E-state index contributed by atoms with van der Waals surface area (Å²) in [6.07, 6.45) is 20.5. The van der Waals surface area contributed by atoms with E-state index in [1.807, 2.05) is 0 Å². The van der Waals surface area contributed by atoms with Crippen molar-refractivity contribution in [3.63, 3.8) is 0 Å². The Morgan fingerprint density at radius 3 is 1.50 bits per heavy atom. The predicted octanol–water partition coefficient (Wildman–Crippen LogP) is 6.03. The van der Waals surface area contributed by atoms with Gasteiger partial charge in [0.1, 0.15) is 6.10 Å². The minimum Gasteiger partial charge on any atom is -0.394 e. The van der Waals surface area contributed by atoms with Gasteiger partial charge in [0.15, 0.2) is 0 Å². The molecule has 1 amide bonds. The van der Waals surface area contributed by atoms with Gasteiger partial charge in [-0.05, 0) is 12.8 Å². The van der Waals surface area contributed by atoms with Crippen LogP contribution in [-0.4, -0.2) is 46.1 Å². The normalized spacial score (nSPS) is 14.3. The maximum absolute atomic E-state index is 12.2. The molecular formula is C27H55NO4. The number of hydrogen-bond donors (Lipinski definition) is 4. The average Bonchev–Trinajstić information content (AvgIpc) is 2.79. The number of aliphatic hydroxyl groups is 3. The summed E-state index contributed by atoms with van der Waals surface area (Å²) < 4.78 is 0. The molecule has 0 saturated heterocycles. The highest BCUT2D eigenvalue weighted by molar-refractivity contribution is 5.76. The predicted molar refractivity (Wildman–Crippen MR) is 135 cm³/mol. The van der Waals surface area contributed by atoms with Crippen molar-refractivity contribution in [1.29, 1.82) is 0 Å². The molecule has 3 unspecified atom stereocenters. The van der Waals surface area contributed by atoms with Crippen LogP contribution in [0.1, 0.15) is 142 Å². The largest absolute Gasteiger partial charge is 0.394 e. The monoisotopic (exact) mass is 457 g/mol. The Balaban J connectivity index is 3.80. The first-order valence-corrected chi connectivity index (χ1v) is 13.8. The first kappa shape index (κ1) is 31.4. The van der Waals surface area contributed by atoms with Gasteiger partial charge in [0, 0.05) is 6.42 Å². The van der Waals surface area contributed by atoms with Crippen LogP contribution in [-0.2, 0) is 4.79 Å². The third-order valence-corrected chi connectivity index (χ3v) is 6.46. The molecule has 0 aliphatic carbocycles. The number of aliphatic hydroxyl groups excluding tert-OH is 3. The van der Waals surface area contributed by atoms with Crippen LogP contribution < -0.4 is 5.32 Å². The Morgan fingerprint density at radius 2 is 1.06 bits per heavy atom. The SMILES string of the molecule is CCCCCCCCCCCCC(=O)NC(CO)C(O)C(O)CCCCCCCCCC. The van der Waals surface area contributed by atoms with Crippen molar-refractivity contribution in [3.05, 3.63) is 0 Å². The molecule has 192 valence electrons. The smallest absolute Gasteiger partial charge is 0.220 e. The van der Waals surface area contributed by atoms with E-state index in [9.17, 15) is 20.1 Å². The van der Waals surface area contributed by atoms with E-state index in [2.05, 4.69) is 19.2 Å². The van der Waals surface area contributed by atoms with Gasteiger partial charge in [0.2, 0.25) is 5.91 Å². The van der Waals surface area contributed by atoms with Crippen molar-refractivity contribution in [3.8, 4) is 0 Å². The number of hydrogen-bond acceptors (Lipinski definition) is 4. The van der Waals surface area contributed by atoms with Gasteiger partial charge in [0.25, 0.3) is 0 Å². The van der Waals surface area contributed by atoms with Crippen LogP contribution in [0.4, 0.5) is 0 Å². The molecule has 0 aliphatic rings. The highest BCUT2D eigenvalue weighted by atomic mass is 16.3. The number of carbonyl (C=O) groups is 1. The fraction of sp³-hybridized carbons (Fsp3) is 0.963. The van der Waals surface area contributed by atoms with Crippen molar-refractivity contribution in [2.45, 2.75) is 161 Å². The van der Waals surface area contributed by atoms with Crippen molar-refractivity contribution in [1.82, 2.24) is 5.32 Å². The molecule has 3 atom stereocenters. The molecule has 0 saturated carbocycles. The Morgan fingerprint density at radius 1 is 0.656 bits per heavy atom. The fourth-order valence-corrected chi connectivity index (χ4v) is 4.22. The highest BCUT2D eigenvalue weighted by Gasteiger charge is 2.26. The first-order valence-electron chi connectivity index (χ1n) is 13.8. The number of amides is 1. The van der Waals surface area contributed by atoms with E-state index in [0.29, 0.717) is 12.8 Å². The van der Waals surface area contributed by atoms with Crippen molar-refractivity contribution in [2.75, 3.05) is 6.61 Å². The second-order valence-electron chi connectivity index (χ2n) is 9.61. The van der Waals surface area contributed by atoms with Gasteiger partial charge < -0.3 is 20.6 Å². The van der Waals surface area contributed by atoms with Gasteiger partial charge in [-0.1, -0.05) is 123 Å². The molecule has 0 heterocycles. The minimum atomic E-state index is -1.12. The lowest BCUT2D eigenvalue weighted by Crippen LogP contribution is -2.50. The molecule has 0 bridgehead atoms. The lowest BCUT2D eigenvalue weighted by molar-refractivity contribution is -0.124. The third kappa shape index (κ3) is 18.9. The van der Waals surface area contributed by atoms with Crippen LogP contribution in [0.15, 0.2) is 0 Å². The molecule has 0 fully saturated rings. The molecule has 5 heteroatoms. The molecule has 5 nitrogen and oxygen atoms in total. The maximum atomic E-state index is 12.2. The fourth-order valence-electron chi connectivity index (χ4n) is 4.22. The van der Waals surface area contributed by atoms with Gasteiger partial charge in [-0.15, -0.1) is 0 Å². The van der Waals surface area contributed by atoms with Crippen LogP contribution >= 0.6 is 0 Å². The lowest BCUT2D eigenvalue weighted by Gasteiger charge is -2.26. The Bertz CT molecular complexity index is 405. The highest BCUT2D eigenvalue weighted by Crippen LogP contribution is 2.14. The summed E-state index contributed by atoms with van der Waals surface area (Å²) in [5, 5.41) is 32.9. The summed E-state index contributed by atoms with van der Waals surface area (Å²) in [5.41, 5.74) is 0. The third-order valence-electron chi connectivity index (χ3n) is 6.46. The molecule has 0 aromatic rings. The van der Waals surface area contributed by atoms with Crippen molar-refractivity contribution >= 4 is 5.91 Å². The standard InChI is InChI=1S/C27H55NO4/c1-3-5-7-9-11-13-14-16-18-20-22-26(31)28-24(23-29)27(32)25(30)21-19-17-15-12-10-8-6-4-2/h24-25,27,29-30,32H,3-23H2,1-2H3,(H,28,31). The zero-order chi connectivity index (χ0) is 23.9. The second-order valence-corrected chi connectivity index (χ2v) is 9.61. The summed E-state index contributed by atoms with van der Waals surface area (Å²) in [7, 11) is 0. The zero-order valence-corrected chi connectivity index (χ0v) is 21.3. The second kappa shape index (κ2) is 23.5. The minimum absolute atomic E-state index is 0.151. The molecule has 0 spiro atoms. The van der Waals surface area contributed by atoms with Crippen LogP contribution in [0.5, 0.6) is 0 Å². The van der Waals surface area contributed by atoms with E-state index in [-0.39, 0.29) is 12.5 Å². The van der Waals surface area contributed by atoms with Gasteiger partial charge in [-0.3, -0.25) is 4.79 Å². The summed E-state index contributed by atoms with van der Waals surface area (Å²) in [6.45, 7) is 4.09. The Hall–Kier alpha value is -0.650. The van der Waals surface area contributed by atoms with Gasteiger partial charge >= 0.3 is 0 Å². The average molecular weight is 458 g/mol. The first-order chi connectivity index (χ1) is 15.6. The van der Waals surface area contributed by atoms with Crippen LogP contribution in [0.3, 0.4) is 0 Å². The topological polar surface area (TPSA) is 89.8 Å². The molecule has 0 rings (SSSR count). The Labute approximate surface area is 198 Å². The van der Waals surface area contributed by atoms with Crippen molar-refractivity contribution in [2.24, 2.45) is 0 Å². The molecule has 0 aromatic carbocycles. The van der Waals surface area contributed by atoms with Crippen LogP contribution in [0.25, 0.3) is 0 Å². The molecule has 0 radical (unpaired) electrons. The van der Waals surface area contributed by atoms with E-state index in [1.54, 1.807) is 0 Å². The number of nitrogens with one attached hydrogen (secondary N) is 1. The van der Waals surface area contributed by atoms with E-state index in [0.717, 1.165) is 38.5 Å². The van der Waals surface area contributed by atoms with Gasteiger partial charge in [-0.2, -0.15) is 0 Å². The molecule has 0 aliphatic heterocycles. The van der Waals surface area contributed by atoms with E-state index >= 15 is 0 Å². The van der Waals surface area contributed by atoms with Crippen LogP contribution in [0, 0.1) is 0 Å². The van der Waals surface area contributed by atoms with Gasteiger partial charge in [0.05, 0.1) is 18.8 Å².